The Labute approximate surface area is 619 Å². The minimum atomic E-state index is -4.96. The average molecular weight is 1480 g/mol. The van der Waals surface area contributed by atoms with E-state index >= 15 is 0 Å². The molecule has 0 bridgehead atoms. The molecular weight excluding hydrogens is 1320 g/mol. The van der Waals surface area contributed by atoms with Crippen LogP contribution in [0, 0.1) is 5.92 Å². The van der Waals surface area contributed by atoms with Gasteiger partial charge in [-0.2, -0.15) is 0 Å². The SMILES string of the molecule is CCCCCCCCCCCCCCCCCCCCCCC(=O)O[C@H](COC(=O)CCCCCCCCCCCCCCCCCCC)COP(=O)(O)OC[C@@H](O)COP(=O)(O)OC[C@@H](COC(=O)CCCCCCCCCCCCCC)OC(=O)CCCCCCCCCCCC(C)C. The van der Waals surface area contributed by atoms with E-state index in [2.05, 4.69) is 34.6 Å². The van der Waals surface area contributed by atoms with Crippen LogP contribution in [0.1, 0.15) is 439 Å². The van der Waals surface area contributed by atoms with E-state index < -0.39 is 97.5 Å². The fourth-order valence-corrected chi connectivity index (χ4v) is 14.3. The summed E-state index contributed by atoms with van der Waals surface area (Å²) in [5.41, 5.74) is 0. The van der Waals surface area contributed by atoms with E-state index in [0.29, 0.717) is 25.7 Å². The monoisotopic (exact) mass is 1480 g/mol. The Morgan fingerprint density at radius 2 is 0.455 bits per heavy atom. The third-order valence-electron chi connectivity index (χ3n) is 19.3. The molecule has 2 unspecified atom stereocenters. The maximum absolute atomic E-state index is 13.1. The lowest BCUT2D eigenvalue weighted by Crippen LogP contribution is -2.30. The summed E-state index contributed by atoms with van der Waals surface area (Å²) in [6, 6.07) is 0. The molecule has 0 aliphatic rings. The highest BCUT2D eigenvalue weighted by atomic mass is 31.2. The second-order valence-electron chi connectivity index (χ2n) is 30.0. The van der Waals surface area contributed by atoms with Crippen molar-refractivity contribution in [1.82, 2.24) is 0 Å². The van der Waals surface area contributed by atoms with Crippen molar-refractivity contribution in [2.45, 2.75) is 457 Å². The largest absolute Gasteiger partial charge is 0.472 e. The first-order valence-corrected chi connectivity index (χ1v) is 45.6. The number of phosphoric ester groups is 2. The Bertz CT molecular complexity index is 1930. The van der Waals surface area contributed by atoms with Gasteiger partial charge in [-0.15, -0.1) is 0 Å². The number of aliphatic hydroxyl groups excluding tert-OH is 1. The van der Waals surface area contributed by atoms with Crippen LogP contribution >= 0.6 is 15.6 Å². The van der Waals surface area contributed by atoms with Gasteiger partial charge >= 0.3 is 39.5 Å². The first-order valence-electron chi connectivity index (χ1n) is 42.6. The van der Waals surface area contributed by atoms with Gasteiger partial charge in [0.1, 0.15) is 19.3 Å². The molecule has 0 spiro atoms. The van der Waals surface area contributed by atoms with E-state index in [1.807, 2.05) is 0 Å². The summed E-state index contributed by atoms with van der Waals surface area (Å²) in [4.78, 5) is 73.1. The second kappa shape index (κ2) is 74.9. The van der Waals surface area contributed by atoms with Crippen LogP contribution in [-0.2, 0) is 65.4 Å². The molecule has 5 atom stereocenters. The second-order valence-corrected chi connectivity index (χ2v) is 32.9. The molecule has 0 aromatic heterocycles. The first kappa shape index (κ1) is 99.1. The lowest BCUT2D eigenvalue weighted by atomic mass is 10.0. The molecule has 0 aliphatic carbocycles. The highest BCUT2D eigenvalue weighted by molar-refractivity contribution is 7.47. The quantitative estimate of drug-likeness (QED) is 0.0222. The van der Waals surface area contributed by atoms with E-state index in [0.717, 1.165) is 95.8 Å². The Hall–Kier alpha value is -1.94. The van der Waals surface area contributed by atoms with Crippen molar-refractivity contribution in [3.05, 3.63) is 0 Å². The van der Waals surface area contributed by atoms with Crippen molar-refractivity contribution in [2.24, 2.45) is 5.92 Å². The molecule has 3 N–H and O–H groups in total. The van der Waals surface area contributed by atoms with Crippen LogP contribution in [0.4, 0.5) is 0 Å². The summed E-state index contributed by atoms with van der Waals surface area (Å²) in [7, 11) is -9.92. The molecule has 0 aromatic carbocycles. The van der Waals surface area contributed by atoms with Crippen LogP contribution in [-0.4, -0.2) is 96.7 Å². The van der Waals surface area contributed by atoms with E-state index in [-0.39, 0.29) is 25.7 Å². The number of carbonyl (C=O) groups is 4. The van der Waals surface area contributed by atoms with Crippen molar-refractivity contribution in [3.8, 4) is 0 Å². The molecule has 0 fully saturated rings. The molecule has 0 saturated carbocycles. The summed E-state index contributed by atoms with van der Waals surface area (Å²) >= 11 is 0. The number of rotatable bonds is 82. The number of hydrogen-bond donors (Lipinski definition) is 3. The summed E-state index contributed by atoms with van der Waals surface area (Å²) in [6.45, 7) is 7.31. The van der Waals surface area contributed by atoms with Gasteiger partial charge in [0.25, 0.3) is 0 Å². The van der Waals surface area contributed by atoms with Gasteiger partial charge in [-0.05, 0) is 31.6 Å². The van der Waals surface area contributed by atoms with Crippen LogP contribution in [0.2, 0.25) is 0 Å². The summed E-state index contributed by atoms with van der Waals surface area (Å²) in [6.07, 6.45) is 66.6. The average Bonchev–Trinajstić information content (AvgIpc) is 0.956. The van der Waals surface area contributed by atoms with Crippen LogP contribution < -0.4 is 0 Å². The third-order valence-corrected chi connectivity index (χ3v) is 21.2. The number of hydrogen-bond acceptors (Lipinski definition) is 15. The van der Waals surface area contributed by atoms with Crippen molar-refractivity contribution in [1.29, 1.82) is 0 Å². The zero-order chi connectivity index (χ0) is 74.1. The van der Waals surface area contributed by atoms with Crippen molar-refractivity contribution in [3.63, 3.8) is 0 Å². The van der Waals surface area contributed by atoms with E-state index in [1.54, 1.807) is 0 Å². The van der Waals surface area contributed by atoms with Gasteiger partial charge in [-0.1, -0.05) is 388 Å². The number of ether oxygens (including phenoxy) is 4. The topological polar surface area (TPSA) is 237 Å². The normalized spacial score (nSPS) is 13.8. The smallest absolute Gasteiger partial charge is 0.462 e. The standard InChI is InChI=1S/C82H160O17P2/c1-6-9-12-15-18-21-24-27-29-31-32-33-35-37-39-42-47-52-57-62-67-81(86)98-77(71-93-80(85)66-61-56-51-46-41-38-36-34-30-28-25-22-19-16-13-10-7-2)73-96-100(88,89)94-69-76(83)70-95-101(90,91)97-74-78(99-82(87)68-63-58-53-48-43-44-49-54-59-64-75(4)5)72-92-79(84)65-60-55-50-45-40-26-23-20-17-14-11-8-3/h75-78,83H,6-74H2,1-5H3,(H,88,89)(H,90,91)/t76-,77-,78-/m1/s1. The van der Waals surface area contributed by atoms with Gasteiger partial charge < -0.3 is 33.8 Å². The van der Waals surface area contributed by atoms with Gasteiger partial charge in [0.15, 0.2) is 12.2 Å². The zero-order valence-corrected chi connectivity index (χ0v) is 67.8. The van der Waals surface area contributed by atoms with Gasteiger partial charge in [0.2, 0.25) is 0 Å². The molecule has 0 amide bonds. The fraction of sp³-hybridized carbons (Fsp3) is 0.951. The van der Waals surface area contributed by atoms with Gasteiger partial charge in [-0.3, -0.25) is 37.3 Å². The van der Waals surface area contributed by atoms with E-state index in [1.165, 1.54) is 263 Å². The number of unbranched alkanes of at least 4 members (excludes halogenated alkanes) is 54. The van der Waals surface area contributed by atoms with Crippen LogP contribution in [0.15, 0.2) is 0 Å². The van der Waals surface area contributed by atoms with Crippen molar-refractivity contribution in [2.75, 3.05) is 39.6 Å². The lowest BCUT2D eigenvalue weighted by Gasteiger charge is -2.21. The number of aliphatic hydroxyl groups is 1. The minimum Gasteiger partial charge on any atom is -0.462 e. The number of carbonyl (C=O) groups excluding carboxylic acids is 4. The van der Waals surface area contributed by atoms with Gasteiger partial charge in [0, 0.05) is 25.7 Å². The van der Waals surface area contributed by atoms with Crippen LogP contribution in [0.5, 0.6) is 0 Å². The minimum absolute atomic E-state index is 0.106. The van der Waals surface area contributed by atoms with E-state index in [9.17, 15) is 43.2 Å². The highest BCUT2D eigenvalue weighted by Gasteiger charge is 2.30. The Kier molecular flexibility index (Phi) is 73.5. The maximum atomic E-state index is 13.1. The Morgan fingerprint density at radius 1 is 0.267 bits per heavy atom. The molecule has 0 radical (unpaired) electrons. The number of esters is 4. The fourth-order valence-electron chi connectivity index (χ4n) is 12.8. The lowest BCUT2D eigenvalue weighted by molar-refractivity contribution is -0.161. The molecule has 0 saturated heterocycles. The van der Waals surface area contributed by atoms with Crippen molar-refractivity contribution >= 4 is 39.5 Å². The summed E-state index contributed by atoms with van der Waals surface area (Å²) in [5, 5.41) is 10.6. The Balaban J connectivity index is 5.23. The molecule has 0 heterocycles. The summed E-state index contributed by atoms with van der Waals surface area (Å²) < 4.78 is 68.8. The predicted molar refractivity (Wildman–Crippen MR) is 414 cm³/mol. The molecule has 0 aromatic rings. The maximum Gasteiger partial charge on any atom is 0.472 e. The van der Waals surface area contributed by atoms with Crippen LogP contribution in [0.25, 0.3) is 0 Å². The molecule has 17 nitrogen and oxygen atoms in total. The zero-order valence-electron chi connectivity index (χ0n) is 66.1. The first-order chi connectivity index (χ1) is 49.0. The highest BCUT2D eigenvalue weighted by Crippen LogP contribution is 2.45. The molecule has 600 valence electrons. The third kappa shape index (κ3) is 76.1. The number of phosphoric acid groups is 2. The molecule has 19 heteroatoms. The van der Waals surface area contributed by atoms with Crippen molar-refractivity contribution < 1.29 is 80.2 Å². The van der Waals surface area contributed by atoms with Crippen LogP contribution in [0.3, 0.4) is 0 Å². The van der Waals surface area contributed by atoms with Gasteiger partial charge in [0.05, 0.1) is 26.4 Å². The molecule has 0 aliphatic heterocycles. The molecule has 0 rings (SSSR count). The summed E-state index contributed by atoms with van der Waals surface area (Å²) in [5.74, 6) is -1.37. The Morgan fingerprint density at radius 3 is 0.673 bits per heavy atom. The molecular formula is C82H160O17P2. The molecule has 101 heavy (non-hydrogen) atoms. The van der Waals surface area contributed by atoms with E-state index in [4.69, 9.17) is 37.0 Å². The predicted octanol–water partition coefficient (Wildman–Crippen LogP) is 24.8. The van der Waals surface area contributed by atoms with Gasteiger partial charge in [-0.25, -0.2) is 9.13 Å².